The fraction of sp³-hybridized carbons (Fsp3) is 0.833. The molecule has 66 valence electrons. The highest BCUT2D eigenvalue weighted by molar-refractivity contribution is 5.85. The minimum absolute atomic E-state index is 0. The maximum Gasteiger partial charge on any atom is 0.251 e. The van der Waals surface area contributed by atoms with Crippen molar-refractivity contribution < 1.29 is 9.63 Å². The average molecular weight is 181 g/mol. The number of nitrogens with one attached hydrogen (secondary N) is 1. The smallest absolute Gasteiger partial charge is 0.251 e. The Labute approximate surface area is 72.3 Å². The number of halogens is 1. The van der Waals surface area contributed by atoms with E-state index in [1.165, 1.54) is 12.2 Å². The standard InChI is InChI=1S/C6H12N2O2.ClH/c1-8(10-2)6(9)5-3-7-4-5;/h5,7H,3-4H2,1-2H3;1H. The monoisotopic (exact) mass is 180 g/mol. The van der Waals surface area contributed by atoms with Gasteiger partial charge < -0.3 is 5.32 Å². The molecule has 1 fully saturated rings. The summed E-state index contributed by atoms with van der Waals surface area (Å²) in [6.07, 6.45) is 0. The summed E-state index contributed by atoms with van der Waals surface area (Å²) in [5.41, 5.74) is 0. The number of hydroxylamine groups is 2. The molecule has 0 saturated carbocycles. The Bertz CT molecular complexity index is 132. The van der Waals surface area contributed by atoms with Gasteiger partial charge in [-0.25, -0.2) is 5.06 Å². The molecule has 1 aliphatic heterocycles. The summed E-state index contributed by atoms with van der Waals surface area (Å²) in [6, 6.07) is 0. The van der Waals surface area contributed by atoms with Crippen LogP contribution < -0.4 is 5.32 Å². The molecule has 1 amide bonds. The van der Waals surface area contributed by atoms with Crippen molar-refractivity contribution in [2.75, 3.05) is 27.2 Å². The first-order valence-electron chi connectivity index (χ1n) is 3.28. The van der Waals surface area contributed by atoms with Crippen LogP contribution in [-0.4, -0.2) is 38.2 Å². The summed E-state index contributed by atoms with van der Waals surface area (Å²) in [4.78, 5) is 15.8. The zero-order valence-electron chi connectivity index (χ0n) is 6.66. The van der Waals surface area contributed by atoms with E-state index in [0.717, 1.165) is 13.1 Å². The van der Waals surface area contributed by atoms with Crippen LogP contribution in [0.4, 0.5) is 0 Å². The average Bonchev–Trinajstić information content (AvgIpc) is 1.82. The lowest BCUT2D eigenvalue weighted by atomic mass is 10.0. The number of hydrogen-bond donors (Lipinski definition) is 1. The lowest BCUT2D eigenvalue weighted by molar-refractivity contribution is -0.174. The maximum atomic E-state index is 11.1. The normalized spacial score (nSPS) is 16.5. The molecular weight excluding hydrogens is 168 g/mol. The lowest BCUT2D eigenvalue weighted by Gasteiger charge is -2.28. The van der Waals surface area contributed by atoms with Gasteiger partial charge in [0.25, 0.3) is 5.91 Å². The summed E-state index contributed by atoms with van der Waals surface area (Å²) in [6.45, 7) is 1.57. The minimum Gasteiger partial charge on any atom is -0.315 e. The van der Waals surface area contributed by atoms with E-state index in [9.17, 15) is 4.79 Å². The molecule has 0 aromatic heterocycles. The molecular formula is C6H13ClN2O2. The highest BCUT2D eigenvalue weighted by atomic mass is 35.5. The molecule has 0 radical (unpaired) electrons. The summed E-state index contributed by atoms with van der Waals surface area (Å²) in [7, 11) is 3.12. The van der Waals surface area contributed by atoms with Gasteiger partial charge in [0, 0.05) is 20.1 Å². The van der Waals surface area contributed by atoms with Gasteiger partial charge in [-0.15, -0.1) is 12.4 Å². The van der Waals surface area contributed by atoms with Gasteiger partial charge in [0.1, 0.15) is 0 Å². The molecule has 1 aliphatic rings. The highest BCUT2D eigenvalue weighted by Gasteiger charge is 2.27. The van der Waals surface area contributed by atoms with Gasteiger partial charge in [-0.2, -0.15) is 0 Å². The first-order chi connectivity index (χ1) is 4.75. The molecule has 1 heterocycles. The topological polar surface area (TPSA) is 41.6 Å². The fourth-order valence-corrected chi connectivity index (χ4v) is 0.810. The summed E-state index contributed by atoms with van der Waals surface area (Å²) in [5.74, 6) is 0.186. The maximum absolute atomic E-state index is 11.1. The molecule has 11 heavy (non-hydrogen) atoms. The number of carbonyl (C=O) groups is 1. The fourth-order valence-electron chi connectivity index (χ4n) is 0.810. The van der Waals surface area contributed by atoms with Gasteiger partial charge in [0.2, 0.25) is 0 Å². The zero-order chi connectivity index (χ0) is 7.56. The summed E-state index contributed by atoms with van der Waals surface area (Å²) >= 11 is 0. The van der Waals surface area contributed by atoms with Crippen LogP contribution in [0.5, 0.6) is 0 Å². The lowest BCUT2D eigenvalue weighted by Crippen LogP contribution is -2.50. The van der Waals surface area contributed by atoms with E-state index in [0.29, 0.717) is 0 Å². The van der Waals surface area contributed by atoms with Crippen LogP contribution in [0, 0.1) is 5.92 Å². The van der Waals surface area contributed by atoms with Crippen molar-refractivity contribution >= 4 is 18.3 Å². The minimum atomic E-state index is 0. The van der Waals surface area contributed by atoms with Gasteiger partial charge in [0.05, 0.1) is 13.0 Å². The quantitative estimate of drug-likeness (QED) is 0.591. The Hall–Kier alpha value is -0.320. The van der Waals surface area contributed by atoms with Crippen molar-refractivity contribution in [3.8, 4) is 0 Å². The van der Waals surface area contributed by atoms with Crippen LogP contribution in [-0.2, 0) is 9.63 Å². The van der Waals surface area contributed by atoms with E-state index >= 15 is 0 Å². The van der Waals surface area contributed by atoms with Crippen LogP contribution in [0.25, 0.3) is 0 Å². The Morgan fingerprint density at radius 2 is 2.18 bits per heavy atom. The van der Waals surface area contributed by atoms with Crippen LogP contribution in [0.1, 0.15) is 0 Å². The second-order valence-electron chi connectivity index (χ2n) is 2.37. The van der Waals surface area contributed by atoms with Crippen molar-refractivity contribution in [3.63, 3.8) is 0 Å². The number of carbonyl (C=O) groups excluding carboxylic acids is 1. The predicted octanol–water partition coefficient (Wildman–Crippen LogP) is -0.353. The van der Waals surface area contributed by atoms with Crippen molar-refractivity contribution in [2.45, 2.75) is 0 Å². The zero-order valence-corrected chi connectivity index (χ0v) is 7.48. The molecule has 1 rings (SSSR count). The Kier molecular flexibility index (Phi) is 4.40. The van der Waals surface area contributed by atoms with Crippen molar-refractivity contribution in [2.24, 2.45) is 5.92 Å². The van der Waals surface area contributed by atoms with E-state index in [1.54, 1.807) is 7.05 Å². The first kappa shape index (κ1) is 10.7. The molecule has 0 spiro atoms. The second kappa shape index (κ2) is 4.54. The Morgan fingerprint density at radius 3 is 2.45 bits per heavy atom. The largest absolute Gasteiger partial charge is 0.315 e. The molecule has 5 heteroatoms. The summed E-state index contributed by atoms with van der Waals surface area (Å²) in [5, 5.41) is 4.29. The van der Waals surface area contributed by atoms with Gasteiger partial charge >= 0.3 is 0 Å². The number of hydrogen-bond acceptors (Lipinski definition) is 3. The van der Waals surface area contributed by atoms with Gasteiger partial charge in [0.15, 0.2) is 0 Å². The molecule has 1 saturated heterocycles. The number of amides is 1. The highest BCUT2D eigenvalue weighted by Crippen LogP contribution is 2.05. The van der Waals surface area contributed by atoms with Crippen LogP contribution >= 0.6 is 12.4 Å². The first-order valence-corrected chi connectivity index (χ1v) is 3.28. The van der Waals surface area contributed by atoms with Gasteiger partial charge in [-0.3, -0.25) is 9.63 Å². The van der Waals surface area contributed by atoms with E-state index < -0.39 is 0 Å². The molecule has 1 N–H and O–H groups in total. The molecule has 0 bridgehead atoms. The van der Waals surface area contributed by atoms with Crippen molar-refractivity contribution in [3.05, 3.63) is 0 Å². The molecule has 0 aliphatic carbocycles. The molecule has 0 aromatic carbocycles. The van der Waals surface area contributed by atoms with E-state index in [-0.39, 0.29) is 24.2 Å². The van der Waals surface area contributed by atoms with Crippen LogP contribution in [0.2, 0.25) is 0 Å². The van der Waals surface area contributed by atoms with E-state index in [2.05, 4.69) is 5.32 Å². The van der Waals surface area contributed by atoms with E-state index in [1.807, 2.05) is 0 Å². The molecule has 4 nitrogen and oxygen atoms in total. The molecule has 0 aromatic rings. The van der Waals surface area contributed by atoms with Crippen molar-refractivity contribution in [1.29, 1.82) is 0 Å². The SMILES string of the molecule is CON(C)C(=O)C1CNC1.Cl. The van der Waals surface area contributed by atoms with E-state index in [4.69, 9.17) is 4.84 Å². The Morgan fingerprint density at radius 1 is 1.64 bits per heavy atom. The van der Waals surface area contributed by atoms with Crippen molar-refractivity contribution in [1.82, 2.24) is 10.4 Å². The van der Waals surface area contributed by atoms with Crippen LogP contribution in [0.3, 0.4) is 0 Å². The third kappa shape index (κ3) is 2.32. The second-order valence-corrected chi connectivity index (χ2v) is 2.37. The van der Waals surface area contributed by atoms with Crippen LogP contribution in [0.15, 0.2) is 0 Å². The summed E-state index contributed by atoms with van der Waals surface area (Å²) < 4.78 is 0. The molecule has 0 atom stereocenters. The molecule has 0 unspecified atom stereocenters. The predicted molar refractivity (Wildman–Crippen MR) is 43.4 cm³/mol. The Balaban J connectivity index is 0.000001000. The third-order valence-corrected chi connectivity index (χ3v) is 1.71. The van der Waals surface area contributed by atoms with Gasteiger partial charge in [-0.05, 0) is 0 Å². The number of rotatable bonds is 2. The number of nitrogens with zero attached hydrogens (tertiary/aromatic N) is 1. The third-order valence-electron chi connectivity index (χ3n) is 1.71. The van der Waals surface area contributed by atoms with Gasteiger partial charge in [-0.1, -0.05) is 0 Å².